The van der Waals surface area contributed by atoms with Gasteiger partial charge in [0.25, 0.3) is 0 Å². The number of ether oxygens (including phenoxy) is 2. The summed E-state index contributed by atoms with van der Waals surface area (Å²) in [6.45, 7) is 4.09. The van der Waals surface area contributed by atoms with E-state index in [1.54, 1.807) is 19.1 Å². The van der Waals surface area contributed by atoms with Gasteiger partial charge in [-0.15, -0.1) is 10.2 Å². The summed E-state index contributed by atoms with van der Waals surface area (Å²) < 4.78 is 37.5. The second-order valence-corrected chi connectivity index (χ2v) is 8.38. The van der Waals surface area contributed by atoms with Crippen LogP contribution in [0.2, 0.25) is 0 Å². The minimum atomic E-state index is -3.73. The van der Waals surface area contributed by atoms with Crippen molar-refractivity contribution in [2.75, 3.05) is 19.8 Å². The number of aryl methyl sites for hydroxylation is 1. The molecule has 1 N–H and O–H groups in total. The van der Waals surface area contributed by atoms with Crippen LogP contribution in [0.5, 0.6) is 5.88 Å². The molecule has 1 aromatic heterocycles. The lowest BCUT2D eigenvalue weighted by molar-refractivity contribution is 0.0526. The Morgan fingerprint density at radius 3 is 2.29 bits per heavy atom. The molecule has 0 aliphatic heterocycles. The van der Waals surface area contributed by atoms with E-state index >= 15 is 0 Å². The van der Waals surface area contributed by atoms with Gasteiger partial charge < -0.3 is 9.47 Å². The highest BCUT2D eigenvalue weighted by Gasteiger charge is 2.15. The normalized spacial score (nSPS) is 11.2. The average Bonchev–Trinajstić information content (AvgIpc) is 2.78. The maximum Gasteiger partial charge on any atom is 0.338 e. The molecule has 0 radical (unpaired) electrons. The SMILES string of the molecule is CCOC(=O)c1ccc(S(=O)(=O)NCCOc2ccc(-c3ccc(C)cc3)nn2)cc1. The highest BCUT2D eigenvalue weighted by molar-refractivity contribution is 7.89. The molecule has 9 heteroatoms. The van der Waals surface area contributed by atoms with Gasteiger partial charge in [-0.25, -0.2) is 17.9 Å². The largest absolute Gasteiger partial charge is 0.475 e. The Labute approximate surface area is 181 Å². The number of hydrogen-bond donors (Lipinski definition) is 1. The summed E-state index contributed by atoms with van der Waals surface area (Å²) >= 11 is 0. The monoisotopic (exact) mass is 441 g/mol. The second-order valence-electron chi connectivity index (χ2n) is 6.61. The summed E-state index contributed by atoms with van der Waals surface area (Å²) in [6.07, 6.45) is 0. The first-order valence-corrected chi connectivity index (χ1v) is 11.2. The topological polar surface area (TPSA) is 107 Å². The van der Waals surface area contributed by atoms with Crippen LogP contribution in [0.25, 0.3) is 11.3 Å². The van der Waals surface area contributed by atoms with Crippen molar-refractivity contribution in [3.8, 4) is 17.1 Å². The molecule has 0 atom stereocenters. The predicted octanol–water partition coefficient (Wildman–Crippen LogP) is 2.99. The van der Waals surface area contributed by atoms with E-state index in [9.17, 15) is 13.2 Å². The molecule has 2 aromatic carbocycles. The van der Waals surface area contributed by atoms with Gasteiger partial charge in [0.2, 0.25) is 15.9 Å². The van der Waals surface area contributed by atoms with E-state index in [0.717, 1.165) is 16.8 Å². The number of hydrogen-bond acceptors (Lipinski definition) is 7. The van der Waals surface area contributed by atoms with Gasteiger partial charge in [0.1, 0.15) is 6.61 Å². The zero-order chi connectivity index (χ0) is 22.3. The predicted molar refractivity (Wildman–Crippen MR) is 115 cm³/mol. The fourth-order valence-corrected chi connectivity index (χ4v) is 3.69. The van der Waals surface area contributed by atoms with Gasteiger partial charge in [-0.05, 0) is 44.2 Å². The summed E-state index contributed by atoms with van der Waals surface area (Å²) in [7, 11) is -3.73. The van der Waals surface area contributed by atoms with Crippen LogP contribution in [0.15, 0.2) is 65.6 Å². The average molecular weight is 442 g/mol. The van der Waals surface area contributed by atoms with Gasteiger partial charge in [-0.2, -0.15) is 0 Å². The lowest BCUT2D eigenvalue weighted by Crippen LogP contribution is -2.28. The second kappa shape index (κ2) is 10.1. The quantitative estimate of drug-likeness (QED) is 0.402. The smallest absolute Gasteiger partial charge is 0.338 e. The van der Waals surface area contributed by atoms with Gasteiger partial charge in [0.15, 0.2) is 0 Å². The fourth-order valence-electron chi connectivity index (χ4n) is 2.67. The number of sulfonamides is 1. The molecule has 0 aliphatic rings. The number of aromatic nitrogens is 2. The number of esters is 1. The Bertz CT molecular complexity index is 1110. The zero-order valence-corrected chi connectivity index (χ0v) is 18.1. The van der Waals surface area contributed by atoms with Gasteiger partial charge >= 0.3 is 5.97 Å². The van der Waals surface area contributed by atoms with E-state index in [1.807, 2.05) is 31.2 Å². The molecule has 0 unspecified atom stereocenters. The Kier molecular flexibility index (Phi) is 7.32. The number of carbonyl (C=O) groups is 1. The van der Waals surface area contributed by atoms with Gasteiger partial charge in [0, 0.05) is 18.2 Å². The molecule has 0 fully saturated rings. The highest BCUT2D eigenvalue weighted by Crippen LogP contribution is 2.18. The molecule has 0 amide bonds. The molecule has 0 saturated heterocycles. The summed E-state index contributed by atoms with van der Waals surface area (Å²) in [4.78, 5) is 11.7. The molecule has 31 heavy (non-hydrogen) atoms. The minimum Gasteiger partial charge on any atom is -0.475 e. The first-order chi connectivity index (χ1) is 14.9. The third-order valence-electron chi connectivity index (χ3n) is 4.31. The Morgan fingerprint density at radius 1 is 0.968 bits per heavy atom. The summed E-state index contributed by atoms with van der Waals surface area (Å²) in [6, 6.07) is 16.9. The summed E-state index contributed by atoms with van der Waals surface area (Å²) in [5, 5.41) is 8.16. The lowest BCUT2D eigenvalue weighted by Gasteiger charge is -2.09. The zero-order valence-electron chi connectivity index (χ0n) is 17.2. The van der Waals surface area contributed by atoms with Crippen molar-refractivity contribution in [3.63, 3.8) is 0 Å². The Morgan fingerprint density at radius 2 is 1.68 bits per heavy atom. The molecule has 0 spiro atoms. The van der Waals surface area contributed by atoms with E-state index in [-0.39, 0.29) is 30.2 Å². The third kappa shape index (κ3) is 6.09. The first kappa shape index (κ1) is 22.4. The first-order valence-electron chi connectivity index (χ1n) is 9.69. The Balaban J connectivity index is 1.50. The summed E-state index contributed by atoms with van der Waals surface area (Å²) in [5.74, 6) is -0.198. The van der Waals surface area contributed by atoms with Gasteiger partial charge in [0.05, 0.1) is 22.8 Å². The van der Waals surface area contributed by atoms with Crippen LogP contribution in [-0.2, 0) is 14.8 Å². The minimum absolute atomic E-state index is 0.0443. The molecule has 0 aliphatic carbocycles. The standard InChI is InChI=1S/C22H23N3O5S/c1-3-29-22(26)18-8-10-19(11-9-18)31(27,28)23-14-15-30-21-13-12-20(24-25-21)17-6-4-16(2)5-7-17/h4-13,23H,3,14-15H2,1-2H3. The van der Waals surface area contributed by atoms with Crippen molar-refractivity contribution in [1.82, 2.24) is 14.9 Å². The van der Waals surface area contributed by atoms with Crippen LogP contribution >= 0.6 is 0 Å². The van der Waals surface area contributed by atoms with Crippen LogP contribution in [0.3, 0.4) is 0 Å². The molecular formula is C22H23N3O5S. The van der Waals surface area contributed by atoms with E-state index in [2.05, 4.69) is 14.9 Å². The number of benzene rings is 2. The number of carbonyl (C=O) groups excluding carboxylic acids is 1. The van der Waals surface area contributed by atoms with Crippen molar-refractivity contribution in [1.29, 1.82) is 0 Å². The number of nitrogens with zero attached hydrogens (tertiary/aromatic N) is 2. The van der Waals surface area contributed by atoms with Crippen molar-refractivity contribution in [2.24, 2.45) is 0 Å². The third-order valence-corrected chi connectivity index (χ3v) is 5.78. The van der Waals surface area contributed by atoms with E-state index in [1.165, 1.54) is 24.3 Å². The molecule has 1 heterocycles. The Hall–Kier alpha value is -3.30. The molecule has 3 rings (SSSR count). The lowest BCUT2D eigenvalue weighted by atomic mass is 10.1. The molecular weight excluding hydrogens is 418 g/mol. The van der Waals surface area contributed by atoms with Crippen LogP contribution in [-0.4, -0.2) is 44.3 Å². The number of nitrogens with one attached hydrogen (secondary N) is 1. The highest BCUT2D eigenvalue weighted by atomic mass is 32.2. The fraction of sp³-hybridized carbons (Fsp3) is 0.227. The van der Waals surface area contributed by atoms with Gasteiger partial charge in [-0.1, -0.05) is 29.8 Å². The van der Waals surface area contributed by atoms with Gasteiger partial charge in [-0.3, -0.25) is 0 Å². The number of rotatable bonds is 9. The van der Waals surface area contributed by atoms with E-state index in [0.29, 0.717) is 5.88 Å². The van der Waals surface area contributed by atoms with E-state index in [4.69, 9.17) is 9.47 Å². The van der Waals surface area contributed by atoms with Crippen LogP contribution < -0.4 is 9.46 Å². The summed E-state index contributed by atoms with van der Waals surface area (Å²) in [5.41, 5.74) is 3.12. The molecule has 0 saturated carbocycles. The van der Waals surface area contributed by atoms with Crippen LogP contribution in [0.4, 0.5) is 0 Å². The maximum absolute atomic E-state index is 12.4. The van der Waals surface area contributed by atoms with Crippen molar-refractivity contribution >= 4 is 16.0 Å². The van der Waals surface area contributed by atoms with Crippen molar-refractivity contribution < 1.29 is 22.7 Å². The van der Waals surface area contributed by atoms with Crippen LogP contribution in [0, 0.1) is 6.92 Å². The molecule has 3 aromatic rings. The molecule has 162 valence electrons. The van der Waals surface area contributed by atoms with Crippen LogP contribution in [0.1, 0.15) is 22.8 Å². The van der Waals surface area contributed by atoms with E-state index < -0.39 is 16.0 Å². The molecule has 8 nitrogen and oxygen atoms in total. The maximum atomic E-state index is 12.4. The van der Waals surface area contributed by atoms with Crippen molar-refractivity contribution in [3.05, 3.63) is 71.8 Å². The molecule has 0 bridgehead atoms. The van der Waals surface area contributed by atoms with Crippen molar-refractivity contribution in [2.45, 2.75) is 18.7 Å².